The smallest absolute Gasteiger partial charge is 0.159 e. The van der Waals surface area contributed by atoms with Crippen LogP contribution in [0.2, 0.25) is 0 Å². The topological polar surface area (TPSA) is 21.3 Å². The van der Waals surface area contributed by atoms with Gasteiger partial charge in [0.1, 0.15) is 5.58 Å². The second-order valence-corrected chi connectivity index (χ2v) is 16.8. The van der Waals surface area contributed by atoms with E-state index >= 15 is 0 Å². The lowest BCUT2D eigenvalue weighted by Crippen LogP contribution is -2.48. The van der Waals surface area contributed by atoms with Gasteiger partial charge in [0.05, 0.1) is 22.4 Å². The quantitative estimate of drug-likeness (QED) is 0.166. The Balaban J connectivity index is 1.09. The molecule has 0 amide bonds. The predicted molar refractivity (Wildman–Crippen MR) is 227 cm³/mol. The molecule has 8 aromatic rings. The van der Waals surface area contributed by atoms with Crippen molar-refractivity contribution in [2.45, 2.75) is 51.0 Å². The van der Waals surface area contributed by atoms with Crippen molar-refractivity contribution in [3.05, 3.63) is 140 Å². The molecule has 2 aromatic heterocycles. The fourth-order valence-electron chi connectivity index (χ4n) is 12.3. The predicted octanol–water partition coefficient (Wildman–Crippen LogP) is 13.3. The highest BCUT2D eigenvalue weighted by molar-refractivity contribution is 6.11. The summed E-state index contributed by atoms with van der Waals surface area (Å²) in [6.45, 7) is 0. The first kappa shape index (κ1) is 31.6. The Hall–Kier alpha value is -5.72. The Morgan fingerprint density at radius 3 is 2.15 bits per heavy atom. The highest BCUT2D eigenvalue weighted by Crippen LogP contribution is 2.62. The Labute approximate surface area is 322 Å². The molecule has 6 aromatic carbocycles. The zero-order chi connectivity index (χ0) is 36.0. The lowest BCUT2D eigenvalue weighted by molar-refractivity contribution is 0.0667. The molecule has 268 valence electrons. The number of fused-ring (bicyclic) bond motifs is 9. The van der Waals surface area contributed by atoms with Crippen LogP contribution in [0.1, 0.15) is 44.9 Å². The number of rotatable bonds is 5. The second-order valence-electron chi connectivity index (χ2n) is 16.8. The van der Waals surface area contributed by atoms with Crippen LogP contribution in [0.25, 0.3) is 60.6 Å². The molecule has 4 aliphatic rings. The molecular formula is C52H44N2O. The summed E-state index contributed by atoms with van der Waals surface area (Å²) < 4.78 is 9.36. The Morgan fingerprint density at radius 1 is 0.582 bits per heavy atom. The molecule has 3 saturated carbocycles. The van der Waals surface area contributed by atoms with Crippen LogP contribution in [0.5, 0.6) is 0 Å². The fourth-order valence-corrected chi connectivity index (χ4v) is 12.3. The summed E-state index contributed by atoms with van der Waals surface area (Å²) >= 11 is 0. The van der Waals surface area contributed by atoms with E-state index in [2.05, 4.69) is 161 Å². The maximum absolute atomic E-state index is 6.87. The van der Waals surface area contributed by atoms with Gasteiger partial charge in [-0.05, 0) is 110 Å². The monoisotopic (exact) mass is 712 g/mol. The van der Waals surface area contributed by atoms with Gasteiger partial charge in [-0.15, -0.1) is 5.92 Å². The van der Waals surface area contributed by atoms with Gasteiger partial charge in [0, 0.05) is 51.2 Å². The van der Waals surface area contributed by atoms with E-state index in [1.54, 1.807) is 0 Å². The van der Waals surface area contributed by atoms with E-state index in [1.807, 2.05) is 0 Å². The zero-order valence-corrected chi connectivity index (χ0v) is 31.1. The molecule has 3 fully saturated rings. The summed E-state index contributed by atoms with van der Waals surface area (Å²) in [6.07, 6.45) is 8.84. The van der Waals surface area contributed by atoms with Gasteiger partial charge in [-0.3, -0.25) is 0 Å². The maximum Gasteiger partial charge on any atom is 0.159 e. The number of hydrogen-bond acceptors (Lipinski definition) is 2. The molecule has 55 heavy (non-hydrogen) atoms. The van der Waals surface area contributed by atoms with E-state index in [4.69, 9.17) is 4.42 Å². The minimum atomic E-state index is 0.374. The molecule has 0 radical (unpaired) electrons. The lowest BCUT2D eigenvalue weighted by Gasteiger charge is -2.50. The largest absolute Gasteiger partial charge is 0.454 e. The van der Waals surface area contributed by atoms with Crippen molar-refractivity contribution in [3.63, 3.8) is 0 Å². The first-order chi connectivity index (χ1) is 27.3. The van der Waals surface area contributed by atoms with Gasteiger partial charge in [0.15, 0.2) is 5.58 Å². The van der Waals surface area contributed by atoms with Crippen molar-refractivity contribution in [2.75, 3.05) is 4.90 Å². The van der Waals surface area contributed by atoms with Crippen molar-refractivity contribution in [3.8, 4) is 28.7 Å². The van der Waals surface area contributed by atoms with Gasteiger partial charge < -0.3 is 13.9 Å². The first-order valence-corrected chi connectivity index (χ1v) is 20.7. The van der Waals surface area contributed by atoms with Crippen LogP contribution >= 0.6 is 0 Å². The number of para-hydroxylation sites is 4. The van der Waals surface area contributed by atoms with Crippen LogP contribution in [0.3, 0.4) is 0 Å². The molecule has 3 heteroatoms. The average Bonchev–Trinajstić information content (AvgIpc) is 3.91. The summed E-state index contributed by atoms with van der Waals surface area (Å²) in [6, 6.07) is 51.8. The van der Waals surface area contributed by atoms with Crippen molar-refractivity contribution in [1.82, 2.24) is 4.57 Å². The maximum atomic E-state index is 6.87. The van der Waals surface area contributed by atoms with Crippen LogP contribution in [0, 0.1) is 47.3 Å². The minimum absolute atomic E-state index is 0.374. The second kappa shape index (κ2) is 12.4. The van der Waals surface area contributed by atoms with E-state index in [-0.39, 0.29) is 0 Å². The number of benzene rings is 6. The summed E-state index contributed by atoms with van der Waals surface area (Å²) in [5, 5.41) is 4.95. The van der Waals surface area contributed by atoms with E-state index in [1.165, 1.54) is 99.3 Å². The molecule has 2 heterocycles. The highest BCUT2D eigenvalue weighted by Gasteiger charge is 2.57. The molecule has 4 aliphatic carbocycles. The molecule has 12 rings (SSSR count). The van der Waals surface area contributed by atoms with E-state index in [0.29, 0.717) is 17.9 Å². The average molecular weight is 713 g/mol. The van der Waals surface area contributed by atoms with Crippen LogP contribution in [0.15, 0.2) is 144 Å². The van der Waals surface area contributed by atoms with Crippen LogP contribution < -0.4 is 4.90 Å². The van der Waals surface area contributed by atoms with Crippen molar-refractivity contribution in [1.29, 1.82) is 0 Å². The molecule has 0 bridgehead atoms. The summed E-state index contributed by atoms with van der Waals surface area (Å²) in [5.74, 6) is 11.7. The van der Waals surface area contributed by atoms with Gasteiger partial charge in [-0.1, -0.05) is 109 Å². The molecule has 7 unspecified atom stereocenters. The third-order valence-corrected chi connectivity index (χ3v) is 14.3. The molecule has 0 saturated heterocycles. The molecule has 7 atom stereocenters. The van der Waals surface area contributed by atoms with Gasteiger partial charge in [-0.25, -0.2) is 0 Å². The Morgan fingerprint density at radius 2 is 1.31 bits per heavy atom. The third-order valence-electron chi connectivity index (χ3n) is 14.3. The Kier molecular flexibility index (Phi) is 7.13. The molecular weight excluding hydrogens is 669 g/mol. The molecule has 3 nitrogen and oxygen atoms in total. The van der Waals surface area contributed by atoms with Crippen molar-refractivity contribution < 1.29 is 4.42 Å². The summed E-state index contributed by atoms with van der Waals surface area (Å²) in [4.78, 5) is 2.75. The van der Waals surface area contributed by atoms with Crippen molar-refractivity contribution in [2.24, 2.45) is 35.5 Å². The number of nitrogens with zero attached hydrogens (tertiary/aromatic N) is 2. The number of furan rings is 1. The van der Waals surface area contributed by atoms with Crippen LogP contribution in [0.4, 0.5) is 11.4 Å². The standard InChI is InChI=1S/C52H44N2O/c1-2-14-33(15-3-1)44-32-34(28-30-48(44)54-45-24-9-6-18-37(45)38-19-7-10-25-46(38)54)53(49-26-13-22-42-39-20-8-11-27-50(39)55-52(42)49)47-31-29-41-36-17-5-4-16-35(36)40-21-12-23-43(47)51(40)41/h1-3,6-11,13-15,18-20,22,24-28,30,32,35-36,40-41,43,47,51H,4,12,16,21,23,29,31H2. The van der Waals surface area contributed by atoms with E-state index in [0.717, 1.165) is 41.3 Å². The SMILES string of the molecule is C1#CC2C(CC1)C1CCCC3C1C2CCC3N(c1ccc(-n2c3ccccc3c3ccccc32)c(-c2ccccc2)c1)c1cccc2c1oc1ccccc12. The zero-order valence-electron chi connectivity index (χ0n) is 31.1. The minimum Gasteiger partial charge on any atom is -0.454 e. The third kappa shape index (κ3) is 4.70. The van der Waals surface area contributed by atoms with Gasteiger partial charge in [-0.2, -0.15) is 0 Å². The first-order valence-electron chi connectivity index (χ1n) is 20.7. The number of hydrogen-bond donors (Lipinski definition) is 0. The molecule has 0 aliphatic heterocycles. The summed E-state index contributed by atoms with van der Waals surface area (Å²) in [5.41, 5.74) is 10.5. The van der Waals surface area contributed by atoms with Gasteiger partial charge in [0.2, 0.25) is 0 Å². The lowest BCUT2D eigenvalue weighted by atomic mass is 9.61. The van der Waals surface area contributed by atoms with Crippen LogP contribution in [-0.2, 0) is 0 Å². The van der Waals surface area contributed by atoms with E-state index < -0.39 is 0 Å². The van der Waals surface area contributed by atoms with Gasteiger partial charge >= 0.3 is 0 Å². The Bertz CT molecular complexity index is 2780. The van der Waals surface area contributed by atoms with Gasteiger partial charge in [0.25, 0.3) is 0 Å². The normalized spacial score (nSPS) is 25.5. The molecule has 0 spiro atoms. The van der Waals surface area contributed by atoms with E-state index in [9.17, 15) is 0 Å². The number of aromatic nitrogens is 1. The number of anilines is 2. The fraction of sp³-hybridized carbons (Fsp3) is 0.269. The van der Waals surface area contributed by atoms with Crippen molar-refractivity contribution >= 4 is 55.1 Å². The molecule has 0 N–H and O–H groups in total. The summed E-state index contributed by atoms with van der Waals surface area (Å²) in [7, 11) is 0. The van der Waals surface area contributed by atoms with Crippen LogP contribution in [-0.4, -0.2) is 10.6 Å². The highest BCUT2D eigenvalue weighted by atomic mass is 16.3.